The highest BCUT2D eigenvalue weighted by atomic mass is 32.2. The monoisotopic (exact) mass is 373 g/mol. The van der Waals surface area contributed by atoms with E-state index in [9.17, 15) is 18.0 Å². The molecule has 3 rings (SSSR count). The van der Waals surface area contributed by atoms with Crippen molar-refractivity contribution in [3.8, 4) is 0 Å². The van der Waals surface area contributed by atoms with Crippen LogP contribution in [0.3, 0.4) is 0 Å². The third-order valence-corrected chi connectivity index (χ3v) is 6.24. The Balaban J connectivity index is 2.03. The van der Waals surface area contributed by atoms with Gasteiger partial charge in [-0.1, -0.05) is 18.2 Å². The number of para-hydroxylation sites is 1. The summed E-state index contributed by atoms with van der Waals surface area (Å²) in [5.74, 6) is -1.43. The summed E-state index contributed by atoms with van der Waals surface area (Å²) in [6.07, 6.45) is 0.410. The molecule has 0 bridgehead atoms. The van der Waals surface area contributed by atoms with E-state index in [4.69, 9.17) is 5.73 Å². The Bertz CT molecular complexity index is 955. The van der Waals surface area contributed by atoms with E-state index in [0.717, 1.165) is 5.56 Å². The van der Waals surface area contributed by atoms with Gasteiger partial charge in [-0.3, -0.25) is 13.9 Å². The van der Waals surface area contributed by atoms with E-state index >= 15 is 0 Å². The molecule has 0 aromatic heterocycles. The quantitative estimate of drug-likeness (QED) is 0.830. The number of benzene rings is 2. The second-order valence-corrected chi connectivity index (χ2v) is 7.93. The maximum atomic E-state index is 13.1. The summed E-state index contributed by atoms with van der Waals surface area (Å²) in [6.45, 7) is -0.00806. The summed E-state index contributed by atoms with van der Waals surface area (Å²) < 4.78 is 27.5. The van der Waals surface area contributed by atoms with Gasteiger partial charge in [-0.2, -0.15) is 0 Å². The first-order valence-electron chi connectivity index (χ1n) is 8.06. The fourth-order valence-corrected chi connectivity index (χ4v) is 4.57. The van der Waals surface area contributed by atoms with Crippen LogP contribution in [0.2, 0.25) is 0 Å². The molecule has 1 aliphatic rings. The van der Waals surface area contributed by atoms with Crippen LogP contribution < -0.4 is 15.4 Å². The zero-order valence-electron chi connectivity index (χ0n) is 14.2. The van der Waals surface area contributed by atoms with Gasteiger partial charge in [-0.25, -0.2) is 8.42 Å². The van der Waals surface area contributed by atoms with E-state index in [1.165, 1.54) is 35.6 Å². The minimum atomic E-state index is -3.90. The van der Waals surface area contributed by atoms with Gasteiger partial charge in [-0.05, 0) is 42.3 Å². The van der Waals surface area contributed by atoms with Gasteiger partial charge in [0, 0.05) is 19.2 Å². The molecular weight excluding hydrogens is 354 g/mol. The summed E-state index contributed by atoms with van der Waals surface area (Å²) in [4.78, 5) is 23.4. The highest BCUT2D eigenvalue weighted by Crippen LogP contribution is 2.34. The number of nitrogens with two attached hydrogens (primary N) is 1. The minimum absolute atomic E-state index is 0.00806. The lowest BCUT2D eigenvalue weighted by molar-refractivity contribution is -0.121. The van der Waals surface area contributed by atoms with E-state index in [0.29, 0.717) is 17.7 Å². The number of nitrogens with one attached hydrogen (secondary N) is 1. The molecule has 3 N–H and O–H groups in total. The van der Waals surface area contributed by atoms with Crippen molar-refractivity contribution in [3.63, 3.8) is 0 Å². The van der Waals surface area contributed by atoms with Crippen molar-refractivity contribution in [2.45, 2.75) is 11.3 Å². The highest BCUT2D eigenvalue weighted by molar-refractivity contribution is 7.92. The highest BCUT2D eigenvalue weighted by Gasteiger charge is 2.35. The number of hydrogen-bond donors (Lipinski definition) is 2. The van der Waals surface area contributed by atoms with Crippen LogP contribution in [-0.4, -0.2) is 33.8 Å². The average molecular weight is 373 g/mol. The molecule has 0 aliphatic carbocycles. The first kappa shape index (κ1) is 17.9. The van der Waals surface area contributed by atoms with E-state index in [2.05, 4.69) is 5.32 Å². The number of primary amides is 1. The van der Waals surface area contributed by atoms with Crippen molar-refractivity contribution in [1.82, 2.24) is 5.32 Å². The van der Waals surface area contributed by atoms with Crippen molar-refractivity contribution in [2.75, 3.05) is 17.9 Å². The topological polar surface area (TPSA) is 110 Å². The van der Waals surface area contributed by atoms with Crippen molar-refractivity contribution < 1.29 is 18.0 Å². The molecule has 1 atom stereocenters. The molecule has 0 fully saturated rings. The smallest absolute Gasteiger partial charge is 0.264 e. The van der Waals surface area contributed by atoms with Crippen molar-refractivity contribution >= 4 is 27.5 Å². The van der Waals surface area contributed by atoms with Gasteiger partial charge >= 0.3 is 0 Å². The fourth-order valence-electron chi connectivity index (χ4n) is 3.02. The minimum Gasteiger partial charge on any atom is -0.369 e. The zero-order chi connectivity index (χ0) is 18.9. The van der Waals surface area contributed by atoms with Crippen LogP contribution in [0, 0.1) is 5.92 Å². The van der Waals surface area contributed by atoms with Crippen LogP contribution in [0.5, 0.6) is 0 Å². The third kappa shape index (κ3) is 3.15. The molecule has 2 aromatic rings. The summed E-state index contributed by atoms with van der Waals surface area (Å²) in [7, 11) is -2.40. The molecule has 0 radical (unpaired) electrons. The zero-order valence-corrected chi connectivity index (χ0v) is 15.0. The molecule has 0 saturated carbocycles. The number of amides is 2. The Kier molecular flexibility index (Phi) is 4.69. The summed E-state index contributed by atoms with van der Waals surface area (Å²) >= 11 is 0. The van der Waals surface area contributed by atoms with Gasteiger partial charge < -0.3 is 11.1 Å². The number of hydrogen-bond acceptors (Lipinski definition) is 4. The number of nitrogens with zero attached hydrogens (tertiary/aromatic N) is 1. The van der Waals surface area contributed by atoms with Crippen molar-refractivity contribution in [2.24, 2.45) is 11.7 Å². The summed E-state index contributed by atoms with van der Waals surface area (Å²) in [5, 5.41) is 2.48. The molecule has 1 unspecified atom stereocenters. The second-order valence-electron chi connectivity index (χ2n) is 6.07. The SMILES string of the molecule is CNC(=O)c1ccc(S(=O)(=O)N2CC(C(N)=O)Cc3ccccc32)cc1. The average Bonchev–Trinajstić information content (AvgIpc) is 2.66. The Morgan fingerprint density at radius 2 is 1.77 bits per heavy atom. The van der Waals surface area contributed by atoms with Crippen LogP contribution in [0.25, 0.3) is 0 Å². The summed E-state index contributed by atoms with van der Waals surface area (Å²) in [6, 6.07) is 12.7. The Hall–Kier alpha value is -2.87. The van der Waals surface area contributed by atoms with Crippen LogP contribution >= 0.6 is 0 Å². The second kappa shape index (κ2) is 6.80. The van der Waals surface area contributed by atoms with Gasteiger partial charge in [0.05, 0.1) is 16.5 Å². The number of carbonyl (C=O) groups is 2. The van der Waals surface area contributed by atoms with Crippen LogP contribution in [-0.2, 0) is 21.2 Å². The van der Waals surface area contributed by atoms with E-state index in [1.807, 2.05) is 0 Å². The van der Waals surface area contributed by atoms with E-state index in [-0.39, 0.29) is 17.3 Å². The van der Waals surface area contributed by atoms with Crippen molar-refractivity contribution in [3.05, 3.63) is 59.7 Å². The molecule has 0 saturated heterocycles. The van der Waals surface area contributed by atoms with Crippen LogP contribution in [0.15, 0.2) is 53.4 Å². The standard InChI is InChI=1S/C18H19N3O4S/c1-20-18(23)12-6-8-15(9-7-12)26(24,25)21-11-14(17(19)22)10-13-4-2-3-5-16(13)21/h2-9,14H,10-11H2,1H3,(H2,19,22)(H,20,23). The number of fused-ring (bicyclic) bond motifs is 1. The van der Waals surface area contributed by atoms with Crippen molar-refractivity contribution in [1.29, 1.82) is 0 Å². The largest absolute Gasteiger partial charge is 0.369 e. The Labute approximate surface area is 151 Å². The number of sulfonamides is 1. The van der Waals surface area contributed by atoms with E-state index < -0.39 is 21.8 Å². The van der Waals surface area contributed by atoms with Gasteiger partial charge in [0.15, 0.2) is 0 Å². The molecule has 2 aromatic carbocycles. The van der Waals surface area contributed by atoms with Crippen LogP contribution in [0.4, 0.5) is 5.69 Å². The molecule has 136 valence electrons. The van der Waals surface area contributed by atoms with Gasteiger partial charge in [0.2, 0.25) is 5.91 Å². The number of rotatable bonds is 4. The molecular formula is C18H19N3O4S. The molecule has 26 heavy (non-hydrogen) atoms. The van der Waals surface area contributed by atoms with Crippen LogP contribution in [0.1, 0.15) is 15.9 Å². The molecule has 2 amide bonds. The summed E-state index contributed by atoms with van der Waals surface area (Å²) in [5.41, 5.74) is 7.09. The molecule has 1 aliphatic heterocycles. The normalized spacial score (nSPS) is 16.7. The maximum Gasteiger partial charge on any atom is 0.264 e. The first-order valence-corrected chi connectivity index (χ1v) is 9.50. The Morgan fingerprint density at radius 3 is 2.38 bits per heavy atom. The van der Waals surface area contributed by atoms with Gasteiger partial charge in [0.1, 0.15) is 0 Å². The number of carbonyl (C=O) groups excluding carboxylic acids is 2. The Morgan fingerprint density at radius 1 is 1.12 bits per heavy atom. The fraction of sp³-hybridized carbons (Fsp3) is 0.222. The maximum absolute atomic E-state index is 13.1. The van der Waals surface area contributed by atoms with Gasteiger partial charge in [0.25, 0.3) is 15.9 Å². The molecule has 1 heterocycles. The first-order chi connectivity index (χ1) is 12.3. The molecule has 8 heteroatoms. The molecule has 7 nitrogen and oxygen atoms in total. The lowest BCUT2D eigenvalue weighted by Crippen LogP contribution is -2.44. The number of anilines is 1. The third-order valence-electron chi connectivity index (χ3n) is 4.45. The van der Waals surface area contributed by atoms with Gasteiger partial charge in [-0.15, -0.1) is 0 Å². The lowest BCUT2D eigenvalue weighted by Gasteiger charge is -2.34. The lowest BCUT2D eigenvalue weighted by atomic mass is 9.93. The predicted octanol–water partition coefficient (Wildman–Crippen LogP) is 0.899. The molecule has 0 spiro atoms. The van der Waals surface area contributed by atoms with E-state index in [1.54, 1.807) is 24.3 Å². The predicted molar refractivity (Wildman–Crippen MR) is 97.2 cm³/mol.